The van der Waals surface area contributed by atoms with Crippen LogP contribution in [-0.2, 0) is 7.05 Å². The highest BCUT2D eigenvalue weighted by atomic mass is 16.5. The first-order valence-electron chi connectivity index (χ1n) is 8.44. The van der Waals surface area contributed by atoms with Gasteiger partial charge in [-0.25, -0.2) is 0 Å². The third-order valence-corrected chi connectivity index (χ3v) is 4.54. The van der Waals surface area contributed by atoms with Crippen molar-refractivity contribution in [3.63, 3.8) is 0 Å². The minimum atomic E-state index is -0.162. The third kappa shape index (κ3) is 3.76. The highest BCUT2D eigenvalue weighted by Crippen LogP contribution is 2.33. The van der Waals surface area contributed by atoms with Gasteiger partial charge in [-0.1, -0.05) is 0 Å². The molecule has 1 aromatic carbocycles. The minimum Gasteiger partial charge on any atom is -0.492 e. The van der Waals surface area contributed by atoms with Crippen molar-refractivity contribution in [1.29, 1.82) is 0 Å². The summed E-state index contributed by atoms with van der Waals surface area (Å²) in [7, 11) is 1.79. The number of nitrogens with zero attached hydrogens (tertiary/aromatic N) is 3. The van der Waals surface area contributed by atoms with Gasteiger partial charge in [0.05, 0.1) is 17.8 Å². The topological polar surface area (TPSA) is 59.2 Å². The molecule has 0 spiro atoms. The molecule has 126 valence electrons. The van der Waals surface area contributed by atoms with Gasteiger partial charge in [0.25, 0.3) is 5.91 Å². The fourth-order valence-corrected chi connectivity index (χ4v) is 2.81. The van der Waals surface area contributed by atoms with E-state index >= 15 is 0 Å². The van der Waals surface area contributed by atoms with Crippen LogP contribution in [0.1, 0.15) is 23.2 Å². The van der Waals surface area contributed by atoms with Crippen LogP contribution in [0.25, 0.3) is 0 Å². The molecule has 1 N–H and O–H groups in total. The number of benzene rings is 1. The molecule has 0 radical (unpaired) electrons. The lowest BCUT2D eigenvalue weighted by Crippen LogP contribution is -2.13. The molecular formula is C18H22N4O2. The summed E-state index contributed by atoms with van der Waals surface area (Å²) in [4.78, 5) is 14.5. The van der Waals surface area contributed by atoms with Crippen LogP contribution in [-0.4, -0.2) is 46.3 Å². The van der Waals surface area contributed by atoms with Crippen molar-refractivity contribution < 1.29 is 9.53 Å². The Bertz CT molecular complexity index is 721. The Morgan fingerprint density at radius 3 is 2.79 bits per heavy atom. The Morgan fingerprint density at radius 2 is 2.12 bits per heavy atom. The molecule has 1 saturated heterocycles. The van der Waals surface area contributed by atoms with Crippen LogP contribution >= 0.6 is 0 Å². The Balaban J connectivity index is 1.24. The lowest BCUT2D eigenvalue weighted by atomic mass is 10.2. The summed E-state index contributed by atoms with van der Waals surface area (Å²) in [6, 6.07) is 8.09. The number of hydrogen-bond acceptors (Lipinski definition) is 4. The van der Waals surface area contributed by atoms with E-state index in [1.54, 1.807) is 24.1 Å². The largest absolute Gasteiger partial charge is 0.492 e. The van der Waals surface area contributed by atoms with E-state index in [1.165, 1.54) is 19.4 Å². The van der Waals surface area contributed by atoms with Gasteiger partial charge in [0.2, 0.25) is 0 Å². The smallest absolute Gasteiger partial charge is 0.258 e. The van der Waals surface area contributed by atoms with Gasteiger partial charge in [-0.05, 0) is 43.0 Å². The minimum absolute atomic E-state index is 0.162. The lowest BCUT2D eigenvalue weighted by molar-refractivity contribution is 0.102. The summed E-state index contributed by atoms with van der Waals surface area (Å²) in [5.74, 6) is 1.62. The first kappa shape index (κ1) is 15.2. The summed E-state index contributed by atoms with van der Waals surface area (Å²) >= 11 is 0. The molecule has 4 rings (SSSR count). The molecular weight excluding hydrogens is 304 g/mol. The summed E-state index contributed by atoms with van der Waals surface area (Å²) in [6.45, 7) is 3.15. The molecule has 2 aliphatic rings. The average molecular weight is 326 g/mol. The Hall–Kier alpha value is -2.34. The van der Waals surface area contributed by atoms with Crippen molar-refractivity contribution in [2.75, 3.05) is 25.0 Å². The van der Waals surface area contributed by atoms with Gasteiger partial charge in [-0.2, -0.15) is 5.10 Å². The van der Waals surface area contributed by atoms with Crippen LogP contribution in [0.4, 0.5) is 5.69 Å². The van der Waals surface area contributed by atoms with Crippen molar-refractivity contribution in [3.05, 3.63) is 42.2 Å². The highest BCUT2D eigenvalue weighted by molar-refractivity contribution is 6.03. The molecule has 2 unspecified atom stereocenters. The van der Waals surface area contributed by atoms with E-state index in [2.05, 4.69) is 15.3 Å². The molecule has 6 heteroatoms. The molecule has 24 heavy (non-hydrogen) atoms. The van der Waals surface area contributed by atoms with Crippen LogP contribution in [0, 0.1) is 5.92 Å². The van der Waals surface area contributed by atoms with Crippen molar-refractivity contribution in [2.24, 2.45) is 13.0 Å². The summed E-state index contributed by atoms with van der Waals surface area (Å²) < 4.78 is 7.45. The molecule has 1 aromatic heterocycles. The number of hydrogen-bond donors (Lipinski definition) is 1. The number of rotatable bonds is 7. The lowest BCUT2D eigenvalue weighted by Gasteiger charge is -2.08. The second-order valence-corrected chi connectivity index (χ2v) is 6.74. The van der Waals surface area contributed by atoms with E-state index in [9.17, 15) is 4.79 Å². The zero-order valence-corrected chi connectivity index (χ0v) is 13.8. The predicted molar refractivity (Wildman–Crippen MR) is 91.2 cm³/mol. The first-order chi connectivity index (χ1) is 11.7. The van der Waals surface area contributed by atoms with E-state index in [0.29, 0.717) is 11.6 Å². The molecule has 1 amide bonds. The third-order valence-electron chi connectivity index (χ3n) is 4.54. The standard InChI is InChI=1S/C18H22N4O2/c1-21-10-14(8-19-21)18(23)20-15-4-6-17(7-5-15)24-12-16-11-22(16)9-13-2-3-13/h4-8,10,13,16H,2-3,9,11-12H2,1H3,(H,20,23). The van der Waals surface area contributed by atoms with Gasteiger partial charge < -0.3 is 10.1 Å². The SMILES string of the molecule is Cn1cc(C(=O)Nc2ccc(OCC3CN3CC3CC3)cc2)cn1. The molecule has 1 aliphatic carbocycles. The molecule has 0 bridgehead atoms. The highest BCUT2D eigenvalue weighted by Gasteiger charge is 2.38. The van der Waals surface area contributed by atoms with Gasteiger partial charge in [-0.15, -0.1) is 0 Å². The van der Waals surface area contributed by atoms with Gasteiger partial charge in [0.1, 0.15) is 12.4 Å². The number of anilines is 1. The zero-order valence-electron chi connectivity index (χ0n) is 13.8. The maximum absolute atomic E-state index is 12.1. The molecule has 2 fully saturated rings. The number of carbonyl (C=O) groups excluding carboxylic acids is 1. The van der Waals surface area contributed by atoms with Crippen LogP contribution in [0.5, 0.6) is 5.75 Å². The number of aromatic nitrogens is 2. The van der Waals surface area contributed by atoms with E-state index in [1.807, 2.05) is 24.3 Å². The summed E-state index contributed by atoms with van der Waals surface area (Å²) in [6.07, 6.45) is 6.04. The van der Waals surface area contributed by atoms with Gasteiger partial charge >= 0.3 is 0 Å². The van der Waals surface area contributed by atoms with E-state index in [-0.39, 0.29) is 5.91 Å². The van der Waals surface area contributed by atoms with Crippen LogP contribution in [0.2, 0.25) is 0 Å². The second-order valence-electron chi connectivity index (χ2n) is 6.74. The first-order valence-corrected chi connectivity index (χ1v) is 8.44. The van der Waals surface area contributed by atoms with Crippen LogP contribution < -0.4 is 10.1 Å². The molecule has 2 atom stereocenters. The van der Waals surface area contributed by atoms with Crippen molar-refractivity contribution >= 4 is 11.6 Å². The second kappa shape index (κ2) is 6.28. The number of nitrogens with one attached hydrogen (secondary N) is 1. The van der Waals surface area contributed by atoms with Crippen LogP contribution in [0.3, 0.4) is 0 Å². The summed E-state index contributed by atoms with van der Waals surface area (Å²) in [5.41, 5.74) is 1.29. The maximum Gasteiger partial charge on any atom is 0.258 e. The molecule has 2 heterocycles. The average Bonchev–Trinajstić information content (AvgIpc) is 3.49. The fourth-order valence-electron chi connectivity index (χ4n) is 2.81. The quantitative estimate of drug-likeness (QED) is 0.792. The number of aryl methyl sites for hydroxylation is 1. The number of carbonyl (C=O) groups is 1. The Labute approximate surface area is 141 Å². The number of amides is 1. The number of ether oxygens (including phenoxy) is 1. The van der Waals surface area contributed by atoms with Crippen LogP contribution in [0.15, 0.2) is 36.7 Å². The van der Waals surface area contributed by atoms with Gasteiger partial charge in [0.15, 0.2) is 0 Å². The van der Waals surface area contributed by atoms with Crippen molar-refractivity contribution in [2.45, 2.75) is 18.9 Å². The van der Waals surface area contributed by atoms with E-state index in [4.69, 9.17) is 4.74 Å². The van der Waals surface area contributed by atoms with Gasteiger partial charge in [0, 0.05) is 32.0 Å². The monoisotopic (exact) mass is 326 g/mol. The fraction of sp³-hybridized carbons (Fsp3) is 0.444. The van der Waals surface area contributed by atoms with E-state index in [0.717, 1.165) is 30.5 Å². The molecule has 1 saturated carbocycles. The maximum atomic E-state index is 12.1. The van der Waals surface area contributed by atoms with Crippen molar-refractivity contribution in [1.82, 2.24) is 14.7 Å². The molecule has 6 nitrogen and oxygen atoms in total. The zero-order chi connectivity index (χ0) is 16.5. The molecule has 1 aliphatic heterocycles. The Kier molecular flexibility index (Phi) is 3.98. The summed E-state index contributed by atoms with van der Waals surface area (Å²) in [5, 5.41) is 6.86. The Morgan fingerprint density at radius 1 is 1.33 bits per heavy atom. The van der Waals surface area contributed by atoms with E-state index < -0.39 is 0 Å². The predicted octanol–water partition coefficient (Wildman–Crippen LogP) is 2.15. The normalized spacial score (nSPS) is 22.2. The van der Waals surface area contributed by atoms with Gasteiger partial charge in [-0.3, -0.25) is 14.4 Å². The molecule has 2 aromatic rings. The van der Waals surface area contributed by atoms with Crippen molar-refractivity contribution in [3.8, 4) is 5.75 Å².